The van der Waals surface area contributed by atoms with E-state index in [2.05, 4.69) is 73.7 Å². The lowest BCUT2D eigenvalue weighted by molar-refractivity contribution is -0.133. The Morgan fingerprint density at radius 1 is 1.00 bits per heavy atom. The number of carbonyl (C=O) groups is 1. The zero-order valence-electron chi connectivity index (χ0n) is 13.5. The average Bonchev–Trinajstić information content (AvgIpc) is 2.33. The predicted molar refractivity (Wildman–Crippen MR) is 86.6 cm³/mol. The Kier molecular flexibility index (Phi) is 5.38. The molecule has 0 radical (unpaired) electrons. The molecule has 0 bridgehead atoms. The summed E-state index contributed by atoms with van der Waals surface area (Å²) in [6.45, 7) is 13.3. The first kappa shape index (κ1) is 17.2. The molecule has 20 heavy (non-hydrogen) atoms. The topological polar surface area (TPSA) is 26.3 Å². The molecule has 0 saturated carbocycles. The third-order valence-electron chi connectivity index (χ3n) is 3.46. The van der Waals surface area contributed by atoms with Gasteiger partial charge in [-0.2, -0.15) is 0 Å². The molecule has 112 valence electrons. The molecule has 1 aromatic carbocycles. The van der Waals surface area contributed by atoms with Gasteiger partial charge in [-0.25, -0.2) is 0 Å². The average molecular weight is 293 g/mol. The summed E-state index contributed by atoms with van der Waals surface area (Å²) < 4.78 is 4.53. The fourth-order valence-electron chi connectivity index (χ4n) is 2.00. The second-order valence-electron chi connectivity index (χ2n) is 7.39. The molecule has 0 amide bonds. The Bertz CT molecular complexity index is 446. The van der Waals surface area contributed by atoms with Crippen molar-refractivity contribution in [3.05, 3.63) is 34.9 Å². The van der Waals surface area contributed by atoms with Gasteiger partial charge in [-0.05, 0) is 33.9 Å². The van der Waals surface area contributed by atoms with Gasteiger partial charge < -0.3 is 14.0 Å². The maximum absolute atomic E-state index is 11.3. The van der Waals surface area contributed by atoms with Crippen LogP contribution in [0.1, 0.15) is 64.7 Å². The molecular formula is C17H26O2P-. The summed E-state index contributed by atoms with van der Waals surface area (Å²) in [7, 11) is 2.78. The number of carbonyl (C=O) groups excluding carboxylic acids is 1. The molecule has 2 nitrogen and oxygen atoms in total. The highest BCUT2D eigenvalue weighted by molar-refractivity contribution is 7.10. The zero-order valence-corrected chi connectivity index (χ0v) is 14.5. The third-order valence-corrected chi connectivity index (χ3v) is 3.68. The van der Waals surface area contributed by atoms with Crippen molar-refractivity contribution in [1.29, 1.82) is 0 Å². The SMILES string of the molecule is CC(C)(C)c1cc(CCC(=O)O[PH-])cc(C(C)(C)C)c1. The van der Waals surface area contributed by atoms with E-state index in [-0.39, 0.29) is 16.8 Å². The first-order chi connectivity index (χ1) is 9.04. The van der Waals surface area contributed by atoms with Crippen LogP contribution in [0.3, 0.4) is 0 Å². The highest BCUT2D eigenvalue weighted by atomic mass is 31.0. The predicted octanol–water partition coefficient (Wildman–Crippen LogP) is 4.82. The quantitative estimate of drug-likeness (QED) is 0.747. The van der Waals surface area contributed by atoms with Crippen LogP contribution < -0.4 is 0 Å². The summed E-state index contributed by atoms with van der Waals surface area (Å²) in [5.74, 6) is -0.236. The lowest BCUT2D eigenvalue weighted by Gasteiger charge is -2.26. The molecule has 0 spiro atoms. The van der Waals surface area contributed by atoms with E-state index in [1.54, 1.807) is 0 Å². The highest BCUT2D eigenvalue weighted by Gasteiger charge is 2.20. The molecule has 0 unspecified atom stereocenters. The van der Waals surface area contributed by atoms with Crippen LogP contribution in [0.2, 0.25) is 0 Å². The van der Waals surface area contributed by atoms with Gasteiger partial charge in [0.15, 0.2) is 0 Å². The maximum Gasteiger partial charge on any atom is 0.274 e. The van der Waals surface area contributed by atoms with Gasteiger partial charge in [0.2, 0.25) is 0 Å². The second-order valence-corrected chi connectivity index (χ2v) is 7.60. The van der Waals surface area contributed by atoms with Crippen molar-refractivity contribution in [3.63, 3.8) is 0 Å². The molecule has 0 atom stereocenters. The van der Waals surface area contributed by atoms with Crippen molar-refractivity contribution in [2.45, 2.75) is 65.2 Å². The van der Waals surface area contributed by atoms with Crippen LogP contribution in [0.15, 0.2) is 18.2 Å². The van der Waals surface area contributed by atoms with E-state index >= 15 is 0 Å². The zero-order chi connectivity index (χ0) is 15.6. The van der Waals surface area contributed by atoms with Crippen LogP contribution in [-0.4, -0.2) is 5.97 Å². The Balaban J connectivity index is 3.14. The van der Waals surface area contributed by atoms with Gasteiger partial charge in [0.05, 0.1) is 0 Å². The van der Waals surface area contributed by atoms with Gasteiger partial charge in [-0.1, -0.05) is 59.7 Å². The van der Waals surface area contributed by atoms with Crippen LogP contribution in [0.25, 0.3) is 0 Å². The van der Waals surface area contributed by atoms with Crippen LogP contribution in [-0.2, 0) is 26.6 Å². The molecule has 0 N–H and O–H groups in total. The molecule has 0 heterocycles. The summed E-state index contributed by atoms with van der Waals surface area (Å²) in [6.07, 6.45) is 1.09. The normalized spacial score (nSPS) is 12.3. The molecule has 0 saturated heterocycles. The van der Waals surface area contributed by atoms with E-state index in [9.17, 15) is 4.79 Å². The lowest BCUT2D eigenvalue weighted by Crippen LogP contribution is -2.17. The number of aryl methyl sites for hydroxylation is 1. The molecule has 1 rings (SSSR count). The number of hydrogen-bond donors (Lipinski definition) is 0. The lowest BCUT2D eigenvalue weighted by atomic mass is 9.79. The summed E-state index contributed by atoms with van der Waals surface area (Å²) in [5, 5.41) is 0. The first-order valence-corrected chi connectivity index (χ1v) is 7.46. The van der Waals surface area contributed by atoms with Crippen LogP contribution in [0, 0.1) is 0 Å². The maximum atomic E-state index is 11.3. The van der Waals surface area contributed by atoms with Crippen molar-refractivity contribution in [2.75, 3.05) is 0 Å². The summed E-state index contributed by atoms with van der Waals surface area (Å²) in [4.78, 5) is 11.3. The molecule has 0 aliphatic heterocycles. The van der Waals surface area contributed by atoms with E-state index in [1.807, 2.05) is 0 Å². The molecule has 1 aromatic rings. The van der Waals surface area contributed by atoms with Crippen LogP contribution in [0.5, 0.6) is 0 Å². The Hall–Kier alpha value is -0.880. The van der Waals surface area contributed by atoms with Gasteiger partial charge in [-0.15, -0.1) is 0 Å². The van der Waals surface area contributed by atoms with E-state index in [4.69, 9.17) is 0 Å². The van der Waals surface area contributed by atoms with Gasteiger partial charge in [-0.3, -0.25) is 4.79 Å². The molecule has 3 heteroatoms. The van der Waals surface area contributed by atoms with Gasteiger partial charge >= 0.3 is 0 Å². The van der Waals surface area contributed by atoms with Crippen molar-refractivity contribution >= 4 is 15.4 Å². The summed E-state index contributed by atoms with van der Waals surface area (Å²) in [5.41, 5.74) is 4.02. The minimum Gasteiger partial charge on any atom is -0.648 e. The van der Waals surface area contributed by atoms with Crippen molar-refractivity contribution in [1.82, 2.24) is 0 Å². The monoisotopic (exact) mass is 293 g/mol. The van der Waals surface area contributed by atoms with E-state index in [1.165, 1.54) is 16.7 Å². The Morgan fingerprint density at radius 3 is 1.80 bits per heavy atom. The van der Waals surface area contributed by atoms with E-state index < -0.39 is 0 Å². The van der Waals surface area contributed by atoms with Crippen LogP contribution in [0.4, 0.5) is 0 Å². The minimum absolute atomic E-state index is 0.103. The standard InChI is InChI=1S/C17H26O2P/c1-16(2,3)13-9-12(7-8-15(18)19-20)10-14(11-13)17(4,5)6/h9-11,20H,7-8H2,1-6H3/q-1. The molecule has 0 aromatic heterocycles. The molecular weight excluding hydrogens is 267 g/mol. The minimum atomic E-state index is -0.236. The summed E-state index contributed by atoms with van der Waals surface area (Å²) in [6, 6.07) is 6.69. The van der Waals surface area contributed by atoms with Gasteiger partial charge in [0, 0.05) is 6.42 Å². The fraction of sp³-hybridized carbons (Fsp3) is 0.588. The highest BCUT2D eigenvalue weighted by Crippen LogP contribution is 2.30. The Labute approximate surface area is 125 Å². The largest absolute Gasteiger partial charge is 0.648 e. The second kappa shape index (κ2) is 6.26. The number of hydrogen-bond acceptors (Lipinski definition) is 2. The van der Waals surface area contributed by atoms with Crippen molar-refractivity contribution in [2.24, 2.45) is 0 Å². The van der Waals surface area contributed by atoms with Crippen molar-refractivity contribution < 1.29 is 9.32 Å². The molecule has 0 fully saturated rings. The van der Waals surface area contributed by atoms with E-state index in [0.29, 0.717) is 12.8 Å². The molecule has 0 aliphatic carbocycles. The van der Waals surface area contributed by atoms with Gasteiger partial charge in [0.25, 0.3) is 5.97 Å². The van der Waals surface area contributed by atoms with Crippen molar-refractivity contribution in [3.8, 4) is 0 Å². The van der Waals surface area contributed by atoms with E-state index in [0.717, 1.165) is 0 Å². The molecule has 0 aliphatic rings. The Morgan fingerprint density at radius 2 is 1.45 bits per heavy atom. The van der Waals surface area contributed by atoms with Gasteiger partial charge in [0.1, 0.15) is 0 Å². The summed E-state index contributed by atoms with van der Waals surface area (Å²) >= 11 is 0. The first-order valence-electron chi connectivity index (χ1n) is 7.05. The number of benzene rings is 1. The third kappa shape index (κ3) is 4.90. The smallest absolute Gasteiger partial charge is 0.274 e. The fourth-order valence-corrected chi connectivity index (χ4v) is 2.10. The van der Waals surface area contributed by atoms with Crippen LogP contribution >= 0.6 is 9.47 Å². The number of rotatable bonds is 3.